The molecule has 0 fully saturated rings. The number of ketones is 1. The third-order valence-electron chi connectivity index (χ3n) is 3.64. The number of fused-ring (bicyclic) bond motifs is 1. The number of rotatable bonds is 2. The molecule has 1 heterocycles. The summed E-state index contributed by atoms with van der Waals surface area (Å²) in [5.41, 5.74) is 2.70. The van der Waals surface area contributed by atoms with Crippen LogP contribution in [0.5, 0.6) is 0 Å². The first-order valence-corrected chi connectivity index (χ1v) is 6.58. The van der Waals surface area contributed by atoms with Crippen molar-refractivity contribution in [2.75, 3.05) is 0 Å². The predicted molar refractivity (Wildman–Crippen MR) is 71.9 cm³/mol. The molecule has 0 N–H and O–H groups in total. The number of hydrogen-bond acceptors (Lipinski definition) is 2. The molecule has 0 spiro atoms. The Morgan fingerprint density at radius 2 is 2.15 bits per heavy atom. The number of hydrogen-bond donors (Lipinski definition) is 0. The van der Waals surface area contributed by atoms with Crippen LogP contribution >= 0.6 is 0 Å². The van der Waals surface area contributed by atoms with E-state index >= 15 is 0 Å². The van der Waals surface area contributed by atoms with Crippen molar-refractivity contribution in [3.8, 4) is 6.07 Å². The molecule has 0 unspecified atom stereocenters. The first kappa shape index (κ1) is 12.6. The molecule has 0 aliphatic heterocycles. The SMILES string of the molecule is N#Cc1ccc(F)c(Cn2cc3c(c2)C(=O)CCC3)c1. The molecular formula is C16H13FN2O. The molecule has 1 aliphatic rings. The van der Waals surface area contributed by atoms with Crippen molar-refractivity contribution in [2.24, 2.45) is 0 Å². The molecule has 0 bridgehead atoms. The Bertz CT molecular complexity index is 725. The minimum atomic E-state index is -0.331. The van der Waals surface area contributed by atoms with Crippen LogP contribution in [0.15, 0.2) is 30.6 Å². The fourth-order valence-corrected chi connectivity index (χ4v) is 2.63. The van der Waals surface area contributed by atoms with Crippen LogP contribution in [-0.2, 0) is 13.0 Å². The van der Waals surface area contributed by atoms with E-state index < -0.39 is 0 Å². The second kappa shape index (κ2) is 4.93. The Hall–Kier alpha value is -2.41. The van der Waals surface area contributed by atoms with E-state index in [0.717, 1.165) is 24.0 Å². The van der Waals surface area contributed by atoms with Crippen molar-refractivity contribution >= 4 is 5.78 Å². The smallest absolute Gasteiger partial charge is 0.164 e. The minimum Gasteiger partial charge on any atom is -0.349 e. The van der Waals surface area contributed by atoms with E-state index in [9.17, 15) is 9.18 Å². The van der Waals surface area contributed by atoms with E-state index in [0.29, 0.717) is 24.1 Å². The van der Waals surface area contributed by atoms with E-state index in [4.69, 9.17) is 5.26 Å². The van der Waals surface area contributed by atoms with Crippen molar-refractivity contribution in [2.45, 2.75) is 25.8 Å². The normalized spacial score (nSPS) is 13.9. The van der Waals surface area contributed by atoms with E-state index in [1.54, 1.807) is 12.3 Å². The Morgan fingerprint density at radius 3 is 2.90 bits per heavy atom. The average Bonchev–Trinajstić information content (AvgIpc) is 2.85. The van der Waals surface area contributed by atoms with Crippen molar-refractivity contribution in [1.82, 2.24) is 4.57 Å². The zero-order valence-electron chi connectivity index (χ0n) is 10.9. The van der Waals surface area contributed by atoms with Crippen molar-refractivity contribution in [3.05, 3.63) is 58.7 Å². The van der Waals surface area contributed by atoms with Gasteiger partial charge >= 0.3 is 0 Å². The minimum absolute atomic E-state index is 0.163. The lowest BCUT2D eigenvalue weighted by molar-refractivity contribution is 0.0973. The highest BCUT2D eigenvalue weighted by atomic mass is 19.1. The summed E-state index contributed by atoms with van der Waals surface area (Å²) in [4.78, 5) is 11.8. The first-order chi connectivity index (χ1) is 9.67. The monoisotopic (exact) mass is 268 g/mol. The molecule has 0 atom stereocenters. The Kier molecular flexibility index (Phi) is 3.11. The molecule has 1 aromatic carbocycles. The summed E-state index contributed by atoms with van der Waals surface area (Å²) in [5.74, 6) is -0.168. The molecule has 3 nitrogen and oxygen atoms in total. The average molecular weight is 268 g/mol. The van der Waals surface area contributed by atoms with Crippen LogP contribution in [0.1, 0.15) is 39.9 Å². The summed E-state index contributed by atoms with van der Waals surface area (Å²) in [7, 11) is 0. The number of aromatic nitrogens is 1. The molecule has 0 amide bonds. The highest BCUT2D eigenvalue weighted by molar-refractivity contribution is 5.98. The van der Waals surface area contributed by atoms with E-state index in [1.165, 1.54) is 12.1 Å². The maximum Gasteiger partial charge on any atom is 0.164 e. The summed E-state index contributed by atoms with van der Waals surface area (Å²) in [6.07, 6.45) is 6.07. The number of carbonyl (C=O) groups excluding carboxylic acids is 1. The Balaban J connectivity index is 1.92. The van der Waals surface area contributed by atoms with Crippen LogP contribution in [-0.4, -0.2) is 10.4 Å². The lowest BCUT2D eigenvalue weighted by Crippen LogP contribution is -2.07. The molecule has 0 saturated carbocycles. The van der Waals surface area contributed by atoms with Crippen LogP contribution in [0.4, 0.5) is 4.39 Å². The van der Waals surface area contributed by atoms with Crippen LogP contribution in [0.2, 0.25) is 0 Å². The van der Waals surface area contributed by atoms with Crippen molar-refractivity contribution in [1.29, 1.82) is 5.26 Å². The topological polar surface area (TPSA) is 45.8 Å². The number of halogens is 1. The zero-order chi connectivity index (χ0) is 14.1. The van der Waals surface area contributed by atoms with Gasteiger partial charge in [0.05, 0.1) is 11.6 Å². The second-order valence-electron chi connectivity index (χ2n) is 5.06. The number of Topliss-reactive ketones (excluding diaryl/α,β-unsaturated/α-hetero) is 1. The van der Waals surface area contributed by atoms with E-state index in [-0.39, 0.29) is 11.6 Å². The molecule has 4 heteroatoms. The second-order valence-corrected chi connectivity index (χ2v) is 5.06. The number of nitriles is 1. The largest absolute Gasteiger partial charge is 0.349 e. The fraction of sp³-hybridized carbons (Fsp3) is 0.250. The lowest BCUT2D eigenvalue weighted by atomic mass is 9.95. The summed E-state index contributed by atoms with van der Waals surface area (Å²) in [6.45, 7) is 0.335. The molecular weight excluding hydrogens is 255 g/mol. The van der Waals surface area contributed by atoms with E-state index in [2.05, 4.69) is 0 Å². The van der Waals surface area contributed by atoms with Crippen LogP contribution in [0, 0.1) is 17.1 Å². The standard InChI is InChI=1S/C16H13FN2O/c17-15-5-4-11(7-18)6-13(15)9-19-8-12-2-1-3-16(20)14(12)10-19/h4-6,8,10H,1-3,9H2. The van der Waals surface area contributed by atoms with E-state index in [1.807, 2.05) is 16.8 Å². The molecule has 0 radical (unpaired) electrons. The van der Waals surface area contributed by atoms with Gasteiger partial charge in [0.2, 0.25) is 0 Å². The molecule has 1 aliphatic carbocycles. The third-order valence-corrected chi connectivity index (χ3v) is 3.64. The molecule has 1 aromatic heterocycles. The predicted octanol–water partition coefficient (Wildman–Crippen LogP) is 3.07. The zero-order valence-corrected chi connectivity index (χ0v) is 10.9. The van der Waals surface area contributed by atoms with Crippen LogP contribution in [0.3, 0.4) is 0 Å². The maximum absolute atomic E-state index is 13.8. The highest BCUT2D eigenvalue weighted by Crippen LogP contribution is 2.23. The summed E-state index contributed by atoms with van der Waals surface area (Å²) < 4.78 is 15.6. The van der Waals surface area contributed by atoms with Gasteiger partial charge in [-0.05, 0) is 36.6 Å². The number of nitrogens with zero attached hydrogens (tertiary/aromatic N) is 2. The molecule has 0 saturated heterocycles. The first-order valence-electron chi connectivity index (χ1n) is 6.58. The van der Waals surface area contributed by atoms with Crippen LogP contribution in [0.25, 0.3) is 0 Å². The van der Waals surface area contributed by atoms with Gasteiger partial charge in [-0.15, -0.1) is 0 Å². The van der Waals surface area contributed by atoms with Crippen LogP contribution < -0.4 is 0 Å². The molecule has 2 aromatic rings. The van der Waals surface area contributed by atoms with Gasteiger partial charge in [0, 0.05) is 36.5 Å². The fourth-order valence-electron chi connectivity index (χ4n) is 2.63. The van der Waals surface area contributed by atoms with Gasteiger partial charge in [0.25, 0.3) is 0 Å². The Labute approximate surface area is 116 Å². The van der Waals surface area contributed by atoms with Crippen molar-refractivity contribution in [3.63, 3.8) is 0 Å². The van der Waals surface area contributed by atoms with Gasteiger partial charge in [0.15, 0.2) is 5.78 Å². The summed E-state index contributed by atoms with van der Waals surface area (Å²) in [5, 5.41) is 8.86. The van der Waals surface area contributed by atoms with Gasteiger partial charge in [-0.2, -0.15) is 5.26 Å². The van der Waals surface area contributed by atoms with Gasteiger partial charge in [0.1, 0.15) is 5.82 Å². The lowest BCUT2D eigenvalue weighted by Gasteiger charge is -2.07. The molecule has 100 valence electrons. The number of benzene rings is 1. The quantitative estimate of drug-likeness (QED) is 0.840. The number of carbonyl (C=O) groups is 1. The van der Waals surface area contributed by atoms with Gasteiger partial charge in [-0.1, -0.05) is 0 Å². The third kappa shape index (κ3) is 2.23. The molecule has 3 rings (SSSR count). The Morgan fingerprint density at radius 1 is 1.30 bits per heavy atom. The maximum atomic E-state index is 13.8. The van der Waals surface area contributed by atoms with Gasteiger partial charge < -0.3 is 4.57 Å². The summed E-state index contributed by atoms with van der Waals surface area (Å²) >= 11 is 0. The molecule has 20 heavy (non-hydrogen) atoms. The van der Waals surface area contributed by atoms with Gasteiger partial charge in [-0.3, -0.25) is 4.79 Å². The van der Waals surface area contributed by atoms with Gasteiger partial charge in [-0.25, -0.2) is 4.39 Å². The number of aryl methyl sites for hydroxylation is 1. The highest BCUT2D eigenvalue weighted by Gasteiger charge is 2.19. The van der Waals surface area contributed by atoms with Crippen molar-refractivity contribution < 1.29 is 9.18 Å². The summed E-state index contributed by atoms with van der Waals surface area (Å²) in [6, 6.07) is 6.33.